The van der Waals surface area contributed by atoms with E-state index in [4.69, 9.17) is 4.74 Å². The van der Waals surface area contributed by atoms with Crippen LogP contribution in [0, 0.1) is 11.3 Å². The van der Waals surface area contributed by atoms with Gasteiger partial charge in [-0.15, -0.1) is 11.3 Å². The van der Waals surface area contributed by atoms with E-state index in [9.17, 15) is 14.7 Å². The first-order valence-electron chi connectivity index (χ1n) is 6.46. The highest BCUT2D eigenvalue weighted by molar-refractivity contribution is 9.11. The van der Waals surface area contributed by atoms with Gasteiger partial charge in [0.25, 0.3) is 0 Å². The predicted molar refractivity (Wildman–Crippen MR) is 81.9 cm³/mol. The molecular weight excluding hydrogens is 344 g/mol. The van der Waals surface area contributed by atoms with Gasteiger partial charge >= 0.3 is 11.9 Å². The van der Waals surface area contributed by atoms with Gasteiger partial charge in [0.2, 0.25) is 0 Å². The summed E-state index contributed by atoms with van der Waals surface area (Å²) in [4.78, 5) is 24.9. The van der Waals surface area contributed by atoms with Crippen molar-refractivity contribution in [3.05, 3.63) is 20.8 Å². The minimum atomic E-state index is -1.51. The summed E-state index contributed by atoms with van der Waals surface area (Å²) < 4.78 is 5.94. The zero-order valence-corrected chi connectivity index (χ0v) is 14.2. The van der Waals surface area contributed by atoms with Gasteiger partial charge in [-0.05, 0) is 47.3 Å². The molecule has 0 aliphatic rings. The first-order chi connectivity index (χ1) is 9.31. The first kappa shape index (κ1) is 17.2. The molecule has 0 spiro atoms. The maximum Gasteiger partial charge on any atom is 0.323 e. The Bertz CT molecular complexity index is 483. The summed E-state index contributed by atoms with van der Waals surface area (Å²) in [5, 5.41) is 9.63. The van der Waals surface area contributed by atoms with E-state index < -0.39 is 17.4 Å². The highest BCUT2D eigenvalue weighted by Gasteiger charge is 2.48. The number of ether oxygens (including phenoxy) is 1. The molecule has 0 saturated carbocycles. The smallest absolute Gasteiger partial charge is 0.323 e. The Morgan fingerprint density at radius 1 is 1.45 bits per heavy atom. The standard InChI is InChI=1S/C14H19BrO4S/c1-4-19-13(18)14(12(16)17,7-9(2)3)8-10-5-6-11(15)20-10/h5-6,9H,4,7-8H2,1-3H3,(H,16,17). The molecule has 1 unspecified atom stereocenters. The molecule has 0 radical (unpaired) electrons. The number of hydrogen-bond donors (Lipinski definition) is 1. The molecule has 0 aromatic carbocycles. The Labute approximate surface area is 131 Å². The van der Waals surface area contributed by atoms with Crippen LogP contribution in [0.5, 0.6) is 0 Å². The van der Waals surface area contributed by atoms with Gasteiger partial charge in [-0.1, -0.05) is 13.8 Å². The summed E-state index contributed by atoms with van der Waals surface area (Å²) in [6.45, 7) is 5.67. The van der Waals surface area contributed by atoms with Crippen molar-refractivity contribution in [2.75, 3.05) is 6.61 Å². The molecule has 1 N–H and O–H groups in total. The molecule has 4 nitrogen and oxygen atoms in total. The second-order valence-electron chi connectivity index (χ2n) is 5.09. The van der Waals surface area contributed by atoms with E-state index in [0.717, 1.165) is 8.66 Å². The third-order valence-corrected chi connectivity index (χ3v) is 4.56. The van der Waals surface area contributed by atoms with E-state index in [1.165, 1.54) is 11.3 Å². The monoisotopic (exact) mass is 362 g/mol. The molecule has 1 aromatic heterocycles. The molecule has 1 heterocycles. The summed E-state index contributed by atoms with van der Waals surface area (Å²) in [7, 11) is 0. The maximum atomic E-state index is 12.2. The molecule has 6 heteroatoms. The Kier molecular flexibility index (Phi) is 6.20. The van der Waals surface area contributed by atoms with Gasteiger partial charge in [-0.25, -0.2) is 0 Å². The molecular formula is C14H19BrO4S. The molecule has 112 valence electrons. The third kappa shape index (κ3) is 4.06. The van der Waals surface area contributed by atoms with Gasteiger partial charge in [-0.3, -0.25) is 9.59 Å². The summed E-state index contributed by atoms with van der Waals surface area (Å²) >= 11 is 4.79. The number of rotatable bonds is 7. The SMILES string of the molecule is CCOC(=O)C(Cc1ccc(Br)s1)(CC(C)C)C(=O)O. The molecule has 0 aliphatic carbocycles. The Morgan fingerprint density at radius 2 is 2.10 bits per heavy atom. The van der Waals surface area contributed by atoms with Crippen LogP contribution in [0.25, 0.3) is 0 Å². The minimum absolute atomic E-state index is 0.0823. The lowest BCUT2D eigenvalue weighted by Crippen LogP contribution is -2.43. The van der Waals surface area contributed by atoms with Gasteiger partial charge in [0.05, 0.1) is 10.4 Å². The fourth-order valence-electron chi connectivity index (χ4n) is 2.19. The Hall–Kier alpha value is -0.880. The highest BCUT2D eigenvalue weighted by atomic mass is 79.9. The summed E-state index contributed by atoms with van der Waals surface area (Å²) in [6.07, 6.45) is 0.423. The summed E-state index contributed by atoms with van der Waals surface area (Å²) in [5.74, 6) is -1.68. The normalized spacial score (nSPS) is 14.1. The molecule has 20 heavy (non-hydrogen) atoms. The van der Waals surface area contributed by atoms with E-state index in [0.29, 0.717) is 0 Å². The zero-order valence-electron chi connectivity index (χ0n) is 11.8. The number of aliphatic carboxylic acids is 1. The van der Waals surface area contributed by atoms with Crippen molar-refractivity contribution in [2.24, 2.45) is 11.3 Å². The number of halogens is 1. The van der Waals surface area contributed by atoms with Crippen LogP contribution < -0.4 is 0 Å². The van der Waals surface area contributed by atoms with E-state index in [-0.39, 0.29) is 25.4 Å². The van der Waals surface area contributed by atoms with Gasteiger partial charge < -0.3 is 9.84 Å². The largest absolute Gasteiger partial charge is 0.480 e. The molecule has 0 aliphatic heterocycles. The van der Waals surface area contributed by atoms with Crippen molar-refractivity contribution >= 4 is 39.2 Å². The number of carboxylic acids is 1. The molecule has 1 aromatic rings. The lowest BCUT2D eigenvalue weighted by atomic mass is 9.77. The average Bonchev–Trinajstić information content (AvgIpc) is 2.73. The highest BCUT2D eigenvalue weighted by Crippen LogP contribution is 2.36. The van der Waals surface area contributed by atoms with Crippen molar-refractivity contribution in [3.63, 3.8) is 0 Å². The first-order valence-corrected chi connectivity index (χ1v) is 8.07. The predicted octanol–water partition coefficient (Wildman–Crippen LogP) is 3.73. The number of esters is 1. The van der Waals surface area contributed by atoms with Crippen molar-refractivity contribution in [2.45, 2.75) is 33.6 Å². The Morgan fingerprint density at radius 3 is 2.50 bits per heavy atom. The van der Waals surface area contributed by atoms with Gasteiger partial charge in [-0.2, -0.15) is 0 Å². The van der Waals surface area contributed by atoms with Crippen molar-refractivity contribution < 1.29 is 19.4 Å². The Balaban J connectivity index is 3.14. The van der Waals surface area contributed by atoms with Gasteiger partial charge in [0, 0.05) is 11.3 Å². The topological polar surface area (TPSA) is 63.6 Å². The summed E-state index contributed by atoms with van der Waals surface area (Å²) in [5.41, 5.74) is -1.51. The number of thiophene rings is 1. The number of carbonyl (C=O) groups excluding carboxylic acids is 1. The molecule has 0 amide bonds. The lowest BCUT2D eigenvalue weighted by Gasteiger charge is -2.28. The van der Waals surface area contributed by atoms with E-state index in [1.54, 1.807) is 6.92 Å². The lowest BCUT2D eigenvalue weighted by molar-refractivity contribution is -0.170. The maximum absolute atomic E-state index is 12.2. The molecule has 1 rings (SSSR count). The van der Waals surface area contributed by atoms with Crippen molar-refractivity contribution in [1.29, 1.82) is 0 Å². The molecule has 0 fully saturated rings. The number of carboxylic acid groups (broad SMARTS) is 1. The number of hydrogen-bond acceptors (Lipinski definition) is 4. The van der Waals surface area contributed by atoms with Gasteiger partial charge in [0.15, 0.2) is 5.41 Å². The quantitative estimate of drug-likeness (QED) is 0.592. The van der Waals surface area contributed by atoms with Crippen molar-refractivity contribution in [1.82, 2.24) is 0 Å². The van der Waals surface area contributed by atoms with Crippen LogP contribution in [0.4, 0.5) is 0 Å². The van der Waals surface area contributed by atoms with Crippen molar-refractivity contribution in [3.8, 4) is 0 Å². The zero-order chi connectivity index (χ0) is 15.3. The summed E-state index contributed by atoms with van der Waals surface area (Å²) in [6, 6.07) is 3.69. The third-order valence-electron chi connectivity index (χ3n) is 2.94. The van der Waals surface area contributed by atoms with Crippen LogP contribution in [0.2, 0.25) is 0 Å². The minimum Gasteiger partial charge on any atom is -0.480 e. The number of carbonyl (C=O) groups is 2. The van der Waals surface area contributed by atoms with Crippen LogP contribution >= 0.6 is 27.3 Å². The van der Waals surface area contributed by atoms with Crippen LogP contribution in [0.1, 0.15) is 32.1 Å². The van der Waals surface area contributed by atoms with Gasteiger partial charge in [0.1, 0.15) is 0 Å². The van der Waals surface area contributed by atoms with E-state index >= 15 is 0 Å². The fourth-order valence-corrected chi connectivity index (χ4v) is 3.79. The molecule has 0 saturated heterocycles. The van der Waals surface area contributed by atoms with Crippen LogP contribution in [0.15, 0.2) is 15.9 Å². The van der Waals surface area contributed by atoms with Crippen LogP contribution in [-0.2, 0) is 20.7 Å². The van der Waals surface area contributed by atoms with E-state index in [2.05, 4.69) is 15.9 Å². The second kappa shape index (κ2) is 7.22. The van der Waals surface area contributed by atoms with E-state index in [1.807, 2.05) is 26.0 Å². The van der Waals surface area contributed by atoms with Crippen LogP contribution in [0.3, 0.4) is 0 Å². The average molecular weight is 363 g/mol. The second-order valence-corrected chi connectivity index (χ2v) is 7.64. The molecule has 0 bridgehead atoms. The van der Waals surface area contributed by atoms with Crippen LogP contribution in [-0.4, -0.2) is 23.7 Å². The molecule has 1 atom stereocenters. The fraction of sp³-hybridized carbons (Fsp3) is 0.571.